The number of nitrogens with zero attached hydrogens (tertiary/aromatic N) is 4. The minimum absolute atomic E-state index is 0.130. The molecule has 158 valence electrons. The lowest BCUT2D eigenvalue weighted by atomic mass is 9.96. The molecule has 2 aliphatic rings. The van der Waals surface area contributed by atoms with Crippen LogP contribution in [-0.2, 0) is 13.1 Å². The zero-order chi connectivity index (χ0) is 20.8. The van der Waals surface area contributed by atoms with E-state index in [4.69, 9.17) is 0 Å². The first-order valence-corrected chi connectivity index (χ1v) is 11.0. The highest BCUT2D eigenvalue weighted by molar-refractivity contribution is 5.91. The van der Waals surface area contributed by atoms with Gasteiger partial charge in [0.25, 0.3) is 5.91 Å². The smallest absolute Gasteiger partial charge is 0.273 e. The topological polar surface area (TPSA) is 63.1 Å². The largest absolute Gasteiger partial charge is 0.350 e. The highest BCUT2D eigenvalue weighted by Gasteiger charge is 2.20. The van der Waals surface area contributed by atoms with Gasteiger partial charge in [0, 0.05) is 13.1 Å². The van der Waals surface area contributed by atoms with Crippen LogP contribution in [-0.4, -0.2) is 45.4 Å². The Bertz CT molecular complexity index is 893. The molecule has 0 spiro atoms. The van der Waals surface area contributed by atoms with Crippen LogP contribution in [0.15, 0.2) is 60.3 Å². The van der Waals surface area contributed by atoms with Gasteiger partial charge in [0.15, 0.2) is 5.69 Å². The lowest BCUT2D eigenvalue weighted by Crippen LogP contribution is -2.38. The van der Waals surface area contributed by atoms with Gasteiger partial charge in [0.05, 0.1) is 12.7 Å². The van der Waals surface area contributed by atoms with E-state index in [2.05, 4.69) is 75.9 Å². The van der Waals surface area contributed by atoms with E-state index in [9.17, 15) is 4.79 Å². The molecule has 30 heavy (non-hydrogen) atoms. The molecule has 6 nitrogen and oxygen atoms in total. The van der Waals surface area contributed by atoms with E-state index >= 15 is 0 Å². The van der Waals surface area contributed by atoms with Gasteiger partial charge in [-0.05, 0) is 55.3 Å². The minimum Gasteiger partial charge on any atom is -0.350 e. The number of hydrogen-bond acceptors (Lipinski definition) is 4. The Kier molecular flexibility index (Phi) is 6.74. The Morgan fingerprint density at radius 3 is 2.70 bits per heavy atom. The Balaban J connectivity index is 1.19. The number of carbonyl (C=O) groups is 1. The molecular formula is C24H31N5O. The maximum Gasteiger partial charge on any atom is 0.273 e. The molecular weight excluding hydrogens is 374 g/mol. The third kappa shape index (κ3) is 5.66. The van der Waals surface area contributed by atoms with Crippen molar-refractivity contribution in [3.05, 3.63) is 71.6 Å². The van der Waals surface area contributed by atoms with Crippen LogP contribution in [0.5, 0.6) is 0 Å². The molecule has 2 aromatic rings. The Morgan fingerprint density at radius 2 is 1.97 bits per heavy atom. The first kappa shape index (κ1) is 20.5. The highest BCUT2D eigenvalue weighted by atomic mass is 16.2. The molecule has 1 aromatic carbocycles. The molecule has 1 saturated heterocycles. The molecule has 1 aliphatic carbocycles. The van der Waals surface area contributed by atoms with Gasteiger partial charge in [0.2, 0.25) is 0 Å². The van der Waals surface area contributed by atoms with E-state index in [1.165, 1.54) is 11.1 Å². The molecule has 1 fully saturated rings. The van der Waals surface area contributed by atoms with Gasteiger partial charge in [-0.15, -0.1) is 5.10 Å². The molecule has 6 heteroatoms. The molecule has 0 saturated carbocycles. The van der Waals surface area contributed by atoms with Crippen LogP contribution >= 0.6 is 0 Å². The number of piperidine rings is 1. The second-order valence-electron chi connectivity index (χ2n) is 8.53. The molecule has 1 unspecified atom stereocenters. The van der Waals surface area contributed by atoms with Gasteiger partial charge in [-0.1, -0.05) is 55.5 Å². The average molecular weight is 406 g/mol. The van der Waals surface area contributed by atoms with Gasteiger partial charge in [-0.25, -0.2) is 0 Å². The van der Waals surface area contributed by atoms with Crippen LogP contribution in [0.1, 0.15) is 42.2 Å². The zero-order valence-electron chi connectivity index (χ0n) is 17.7. The quantitative estimate of drug-likeness (QED) is 0.766. The number of allylic oxidation sites excluding steroid dienone is 4. The predicted molar refractivity (Wildman–Crippen MR) is 118 cm³/mol. The van der Waals surface area contributed by atoms with Gasteiger partial charge < -0.3 is 5.32 Å². The van der Waals surface area contributed by atoms with Crippen LogP contribution in [0.25, 0.3) is 0 Å². The number of amides is 1. The normalized spacial score (nSPS) is 20.2. The number of rotatable bonds is 7. The second-order valence-corrected chi connectivity index (χ2v) is 8.53. The third-order valence-electron chi connectivity index (χ3n) is 5.99. The van der Waals surface area contributed by atoms with Crippen molar-refractivity contribution in [2.24, 2.45) is 11.8 Å². The molecule has 1 aromatic heterocycles. The van der Waals surface area contributed by atoms with Crippen molar-refractivity contribution in [1.29, 1.82) is 0 Å². The fourth-order valence-electron chi connectivity index (χ4n) is 4.05. The predicted octanol–water partition coefficient (Wildman–Crippen LogP) is 3.44. The first-order valence-electron chi connectivity index (χ1n) is 11.0. The summed E-state index contributed by atoms with van der Waals surface area (Å²) in [5.74, 6) is 0.983. The minimum atomic E-state index is -0.130. The van der Waals surface area contributed by atoms with Gasteiger partial charge >= 0.3 is 0 Å². The fourth-order valence-corrected chi connectivity index (χ4v) is 4.05. The summed E-state index contributed by atoms with van der Waals surface area (Å²) in [7, 11) is 0. The summed E-state index contributed by atoms with van der Waals surface area (Å²) < 4.78 is 0. The summed E-state index contributed by atoms with van der Waals surface area (Å²) in [5.41, 5.74) is 2.95. The van der Waals surface area contributed by atoms with Crippen LogP contribution in [0.2, 0.25) is 0 Å². The summed E-state index contributed by atoms with van der Waals surface area (Å²) in [6, 6.07) is 10.6. The van der Waals surface area contributed by atoms with Crippen molar-refractivity contribution in [2.75, 3.05) is 19.6 Å². The van der Waals surface area contributed by atoms with Crippen molar-refractivity contribution in [3.63, 3.8) is 0 Å². The molecule has 4 rings (SSSR count). The van der Waals surface area contributed by atoms with Crippen LogP contribution in [0, 0.1) is 11.8 Å². The summed E-state index contributed by atoms with van der Waals surface area (Å²) in [6.07, 6.45) is 11.4. The van der Waals surface area contributed by atoms with E-state index in [0.717, 1.165) is 38.9 Å². The van der Waals surface area contributed by atoms with Gasteiger partial charge in [-0.3, -0.25) is 9.69 Å². The molecule has 1 atom stereocenters. The van der Waals surface area contributed by atoms with E-state index < -0.39 is 0 Å². The Hall–Kier alpha value is -2.73. The third-order valence-corrected chi connectivity index (χ3v) is 5.99. The maximum absolute atomic E-state index is 12.5. The summed E-state index contributed by atoms with van der Waals surface area (Å²) in [5, 5.41) is 11.7. The molecule has 0 radical (unpaired) electrons. The Labute approximate surface area is 178 Å². The number of nitrogens with one attached hydrogen (secondary N) is 1. The summed E-state index contributed by atoms with van der Waals surface area (Å²) in [4.78, 5) is 16.6. The van der Waals surface area contributed by atoms with E-state index in [-0.39, 0.29) is 5.91 Å². The van der Waals surface area contributed by atoms with Crippen LogP contribution in [0.3, 0.4) is 0 Å². The van der Waals surface area contributed by atoms with Gasteiger partial charge in [0.1, 0.15) is 0 Å². The van der Waals surface area contributed by atoms with Crippen molar-refractivity contribution in [1.82, 2.24) is 25.2 Å². The second kappa shape index (κ2) is 9.85. The van der Waals surface area contributed by atoms with Crippen molar-refractivity contribution < 1.29 is 4.79 Å². The molecule has 0 bridgehead atoms. The molecule has 1 amide bonds. The van der Waals surface area contributed by atoms with Gasteiger partial charge in [-0.2, -0.15) is 9.90 Å². The van der Waals surface area contributed by atoms with Crippen LogP contribution in [0.4, 0.5) is 0 Å². The lowest BCUT2D eigenvalue weighted by Gasteiger charge is -2.32. The highest BCUT2D eigenvalue weighted by Crippen LogP contribution is 2.19. The zero-order valence-corrected chi connectivity index (χ0v) is 17.7. The lowest BCUT2D eigenvalue weighted by molar-refractivity contribution is 0.0929. The number of hydrogen-bond donors (Lipinski definition) is 1. The average Bonchev–Trinajstić information content (AvgIpc) is 3.24. The number of likely N-dealkylation sites (tertiary alicyclic amines) is 1. The number of carbonyl (C=O) groups excluding carboxylic acids is 1. The van der Waals surface area contributed by atoms with E-state index in [0.29, 0.717) is 30.6 Å². The van der Waals surface area contributed by atoms with E-state index in [1.54, 1.807) is 11.0 Å². The first-order chi connectivity index (χ1) is 14.7. The van der Waals surface area contributed by atoms with Crippen molar-refractivity contribution in [2.45, 2.75) is 39.3 Å². The Morgan fingerprint density at radius 1 is 1.17 bits per heavy atom. The molecule has 2 heterocycles. The van der Waals surface area contributed by atoms with Crippen molar-refractivity contribution in [3.8, 4) is 0 Å². The summed E-state index contributed by atoms with van der Waals surface area (Å²) in [6.45, 7) is 6.67. The standard InChI is InChI=1S/C24H31N5O/c1-19-7-9-22(10-8-19)18-29-26-16-23(27-29)24(30)25-15-20-11-13-28(14-12-20)17-21-5-3-2-4-6-21/h2-7,9-10,16,19-20H,8,11-15,17-18H2,1H3,(H,25,30). The molecule has 1 N–H and O–H groups in total. The monoisotopic (exact) mass is 405 g/mol. The molecule has 1 aliphatic heterocycles. The fraction of sp³-hybridized carbons (Fsp3) is 0.458. The number of benzene rings is 1. The van der Waals surface area contributed by atoms with Crippen LogP contribution < -0.4 is 5.32 Å². The van der Waals surface area contributed by atoms with E-state index in [1.807, 2.05) is 0 Å². The van der Waals surface area contributed by atoms with Crippen molar-refractivity contribution >= 4 is 5.91 Å². The maximum atomic E-state index is 12.5. The summed E-state index contributed by atoms with van der Waals surface area (Å²) >= 11 is 0. The number of aromatic nitrogens is 3. The SMILES string of the molecule is CC1C=CC(Cn2ncc(C(=O)NCC3CCN(Cc4ccccc4)CC3)n2)=CC1.